The van der Waals surface area contributed by atoms with Crippen LogP contribution < -0.4 is 5.32 Å². The number of sulfonamides is 1. The van der Waals surface area contributed by atoms with E-state index >= 15 is 0 Å². The lowest BCUT2D eigenvalue weighted by atomic mass is 10.1. The molecule has 0 saturated carbocycles. The number of carbonyl (C=O) groups is 1. The van der Waals surface area contributed by atoms with Crippen LogP contribution >= 0.6 is 11.6 Å². The number of nitrogens with one attached hydrogen (secondary N) is 1. The number of halogens is 1. The first-order chi connectivity index (χ1) is 11.2. The lowest BCUT2D eigenvalue weighted by molar-refractivity contribution is 0.0940. The fourth-order valence-corrected chi connectivity index (χ4v) is 3.23. The van der Waals surface area contributed by atoms with Crippen molar-refractivity contribution in [3.8, 4) is 0 Å². The maximum atomic E-state index is 12.3. The minimum atomic E-state index is -3.50. The van der Waals surface area contributed by atoms with Crippen LogP contribution in [0.4, 0.5) is 0 Å². The topological polar surface area (TPSA) is 66.5 Å². The molecule has 0 aliphatic heterocycles. The summed E-state index contributed by atoms with van der Waals surface area (Å²) in [6.45, 7) is 1.86. The lowest BCUT2D eigenvalue weighted by Crippen LogP contribution is -2.27. The van der Waals surface area contributed by atoms with E-state index in [0.717, 1.165) is 9.87 Å². The highest BCUT2D eigenvalue weighted by atomic mass is 35.5. The Morgan fingerprint density at radius 3 is 2.29 bits per heavy atom. The van der Waals surface area contributed by atoms with Crippen molar-refractivity contribution < 1.29 is 13.2 Å². The van der Waals surface area contributed by atoms with Crippen LogP contribution in [0.3, 0.4) is 0 Å². The van der Waals surface area contributed by atoms with Gasteiger partial charge in [0.05, 0.1) is 10.9 Å². The molecule has 0 fully saturated rings. The molecule has 1 N–H and O–H groups in total. The van der Waals surface area contributed by atoms with Gasteiger partial charge >= 0.3 is 0 Å². The summed E-state index contributed by atoms with van der Waals surface area (Å²) < 4.78 is 25.2. The zero-order chi connectivity index (χ0) is 17.9. The van der Waals surface area contributed by atoms with E-state index in [1.165, 1.54) is 38.4 Å². The molecule has 0 radical (unpaired) electrons. The van der Waals surface area contributed by atoms with Crippen molar-refractivity contribution in [2.45, 2.75) is 17.9 Å². The Morgan fingerprint density at radius 1 is 1.12 bits per heavy atom. The van der Waals surface area contributed by atoms with E-state index in [1.807, 2.05) is 19.1 Å². The number of benzene rings is 2. The van der Waals surface area contributed by atoms with Gasteiger partial charge in [-0.15, -0.1) is 0 Å². The summed E-state index contributed by atoms with van der Waals surface area (Å²) in [6.07, 6.45) is 0. The van der Waals surface area contributed by atoms with Crippen LogP contribution in [-0.2, 0) is 10.0 Å². The molecular formula is C17H19ClN2O3S. The first kappa shape index (κ1) is 18.4. The molecule has 24 heavy (non-hydrogen) atoms. The number of rotatable bonds is 5. The molecule has 1 atom stereocenters. The second-order valence-electron chi connectivity index (χ2n) is 5.56. The fraction of sp³-hybridized carbons (Fsp3) is 0.235. The van der Waals surface area contributed by atoms with E-state index in [-0.39, 0.29) is 16.8 Å². The van der Waals surface area contributed by atoms with E-state index in [4.69, 9.17) is 11.6 Å². The van der Waals surface area contributed by atoms with Crippen molar-refractivity contribution in [3.63, 3.8) is 0 Å². The van der Waals surface area contributed by atoms with E-state index in [1.54, 1.807) is 12.1 Å². The Hall–Kier alpha value is -1.89. The highest BCUT2D eigenvalue weighted by Gasteiger charge is 2.18. The van der Waals surface area contributed by atoms with Crippen LogP contribution in [-0.4, -0.2) is 32.7 Å². The molecule has 2 aromatic carbocycles. The van der Waals surface area contributed by atoms with E-state index < -0.39 is 10.0 Å². The molecule has 7 heteroatoms. The van der Waals surface area contributed by atoms with Crippen LogP contribution in [0, 0.1) is 0 Å². The number of carbonyl (C=O) groups excluding carboxylic acids is 1. The van der Waals surface area contributed by atoms with Gasteiger partial charge in [0.25, 0.3) is 5.91 Å². The van der Waals surface area contributed by atoms with E-state index in [0.29, 0.717) is 10.6 Å². The zero-order valence-electron chi connectivity index (χ0n) is 13.7. The summed E-state index contributed by atoms with van der Waals surface area (Å²) >= 11 is 5.95. The maximum absolute atomic E-state index is 12.3. The average molecular weight is 367 g/mol. The lowest BCUT2D eigenvalue weighted by Gasteiger charge is -2.15. The summed E-state index contributed by atoms with van der Waals surface area (Å²) in [7, 11) is -0.581. The monoisotopic (exact) mass is 366 g/mol. The molecular weight excluding hydrogens is 348 g/mol. The largest absolute Gasteiger partial charge is 0.346 e. The third-order valence-corrected chi connectivity index (χ3v) is 5.66. The summed E-state index contributed by atoms with van der Waals surface area (Å²) in [4.78, 5) is 12.4. The molecule has 0 spiro atoms. The molecule has 1 amide bonds. The molecule has 0 saturated heterocycles. The molecule has 0 aliphatic rings. The molecule has 0 aliphatic carbocycles. The number of hydrogen-bond donors (Lipinski definition) is 1. The summed E-state index contributed by atoms with van der Waals surface area (Å²) in [5, 5.41) is 3.47. The second-order valence-corrected chi connectivity index (χ2v) is 8.15. The molecule has 0 bridgehead atoms. The summed E-state index contributed by atoms with van der Waals surface area (Å²) in [5.74, 6) is -0.281. The molecule has 0 heterocycles. The van der Waals surface area contributed by atoms with E-state index in [9.17, 15) is 13.2 Å². The van der Waals surface area contributed by atoms with Gasteiger partial charge in [-0.1, -0.05) is 23.7 Å². The Labute approximate surface area is 147 Å². The number of hydrogen-bond acceptors (Lipinski definition) is 3. The van der Waals surface area contributed by atoms with Crippen molar-refractivity contribution in [1.29, 1.82) is 0 Å². The molecule has 5 nitrogen and oxygen atoms in total. The predicted molar refractivity (Wildman–Crippen MR) is 94.6 cm³/mol. The van der Waals surface area contributed by atoms with Crippen molar-refractivity contribution in [2.24, 2.45) is 0 Å². The molecule has 1 unspecified atom stereocenters. The average Bonchev–Trinajstić information content (AvgIpc) is 2.54. The van der Waals surface area contributed by atoms with Crippen LogP contribution in [0.1, 0.15) is 28.9 Å². The van der Waals surface area contributed by atoms with Gasteiger partial charge in [0, 0.05) is 24.7 Å². The zero-order valence-corrected chi connectivity index (χ0v) is 15.2. The van der Waals surface area contributed by atoms with Gasteiger partial charge in [0.2, 0.25) is 10.0 Å². The van der Waals surface area contributed by atoms with Gasteiger partial charge in [-0.3, -0.25) is 4.79 Å². The Kier molecular flexibility index (Phi) is 5.64. The van der Waals surface area contributed by atoms with Gasteiger partial charge in [-0.05, 0) is 48.9 Å². The van der Waals surface area contributed by atoms with Gasteiger partial charge in [0.1, 0.15) is 0 Å². The quantitative estimate of drug-likeness (QED) is 0.884. The van der Waals surface area contributed by atoms with E-state index in [2.05, 4.69) is 5.32 Å². The normalized spacial score (nSPS) is 12.9. The maximum Gasteiger partial charge on any atom is 0.251 e. The Bertz CT molecular complexity index is 833. The SMILES string of the molecule is CC(NC(=O)c1ccc(S(=O)(=O)N(C)C)cc1)c1cccc(Cl)c1. The minimum Gasteiger partial charge on any atom is -0.346 e. The Morgan fingerprint density at radius 2 is 1.75 bits per heavy atom. The highest BCUT2D eigenvalue weighted by molar-refractivity contribution is 7.89. The molecule has 0 aromatic heterocycles. The third kappa shape index (κ3) is 4.14. The van der Waals surface area contributed by atoms with Gasteiger partial charge in [0.15, 0.2) is 0 Å². The Balaban J connectivity index is 2.13. The smallest absolute Gasteiger partial charge is 0.251 e. The first-order valence-corrected chi connectivity index (χ1v) is 9.12. The third-order valence-electron chi connectivity index (χ3n) is 3.59. The molecule has 2 aromatic rings. The first-order valence-electron chi connectivity index (χ1n) is 7.31. The number of amides is 1. The van der Waals surface area contributed by atoms with Gasteiger partial charge in [-0.2, -0.15) is 0 Å². The number of nitrogens with zero attached hydrogens (tertiary/aromatic N) is 1. The van der Waals surface area contributed by atoms with Crippen LogP contribution in [0.15, 0.2) is 53.4 Å². The summed E-state index contributed by atoms with van der Waals surface area (Å²) in [6, 6.07) is 12.9. The predicted octanol–water partition coefficient (Wildman–Crippen LogP) is 3.08. The van der Waals surface area contributed by atoms with Crippen molar-refractivity contribution in [1.82, 2.24) is 9.62 Å². The van der Waals surface area contributed by atoms with Crippen molar-refractivity contribution in [3.05, 3.63) is 64.7 Å². The van der Waals surface area contributed by atoms with Crippen molar-refractivity contribution >= 4 is 27.5 Å². The van der Waals surface area contributed by atoms with Gasteiger partial charge < -0.3 is 5.32 Å². The van der Waals surface area contributed by atoms with Crippen LogP contribution in [0.5, 0.6) is 0 Å². The van der Waals surface area contributed by atoms with Crippen LogP contribution in [0.25, 0.3) is 0 Å². The minimum absolute atomic E-state index is 0.145. The summed E-state index contributed by atoms with van der Waals surface area (Å²) in [5.41, 5.74) is 1.28. The molecule has 2 rings (SSSR count). The van der Waals surface area contributed by atoms with Crippen LogP contribution in [0.2, 0.25) is 5.02 Å². The van der Waals surface area contributed by atoms with Crippen molar-refractivity contribution in [2.75, 3.05) is 14.1 Å². The standard InChI is InChI=1S/C17H19ClN2O3S/c1-12(14-5-4-6-15(18)11-14)19-17(21)13-7-9-16(10-8-13)24(22,23)20(2)3/h4-12H,1-3H3,(H,19,21). The fourth-order valence-electron chi connectivity index (χ4n) is 2.13. The highest BCUT2D eigenvalue weighted by Crippen LogP contribution is 2.18. The molecule has 128 valence electrons. The van der Waals surface area contributed by atoms with Gasteiger partial charge in [-0.25, -0.2) is 12.7 Å². The second kappa shape index (κ2) is 7.34.